The summed E-state index contributed by atoms with van der Waals surface area (Å²) in [6, 6.07) is 6.64. The lowest BCUT2D eigenvalue weighted by atomic mass is 10.1. The summed E-state index contributed by atoms with van der Waals surface area (Å²) in [5, 5.41) is 2.69. The maximum absolute atomic E-state index is 11.7. The second-order valence-electron chi connectivity index (χ2n) is 5.66. The molecule has 0 aliphatic carbocycles. The summed E-state index contributed by atoms with van der Waals surface area (Å²) in [5.74, 6) is 0.608. The highest BCUT2D eigenvalue weighted by Gasteiger charge is 2.27. The lowest BCUT2D eigenvalue weighted by molar-refractivity contribution is -0.123. The highest BCUT2D eigenvalue weighted by atomic mass is 32.2. The predicted octanol–water partition coefficient (Wildman–Crippen LogP) is 1.21. The summed E-state index contributed by atoms with van der Waals surface area (Å²) in [6.07, 6.45) is 1.04. The van der Waals surface area contributed by atoms with Crippen LogP contribution in [0.2, 0.25) is 0 Å². The van der Waals surface area contributed by atoms with E-state index in [0.717, 1.165) is 0 Å². The Kier molecular flexibility index (Phi) is 5.76. The molecule has 0 bridgehead atoms. The van der Waals surface area contributed by atoms with Gasteiger partial charge in [-0.2, -0.15) is 0 Å². The third-order valence-electron chi connectivity index (χ3n) is 3.78. The number of benzene rings is 1. The number of Topliss-reactive ketones (excluding diaryl/α,β-unsaturated/α-hetero) is 1. The van der Waals surface area contributed by atoms with E-state index in [1.54, 1.807) is 31.2 Å². The molecule has 0 aromatic heterocycles. The van der Waals surface area contributed by atoms with Crippen LogP contribution in [0, 0.1) is 5.92 Å². The van der Waals surface area contributed by atoms with Crippen molar-refractivity contribution in [3.63, 3.8) is 0 Å². The number of rotatable bonds is 7. The van der Waals surface area contributed by atoms with E-state index in [4.69, 9.17) is 4.74 Å². The molecule has 1 saturated heterocycles. The zero-order chi connectivity index (χ0) is 16.9. The first kappa shape index (κ1) is 17.5. The van der Waals surface area contributed by atoms with Crippen molar-refractivity contribution in [1.82, 2.24) is 5.32 Å². The van der Waals surface area contributed by atoms with E-state index in [9.17, 15) is 18.0 Å². The molecule has 1 heterocycles. The van der Waals surface area contributed by atoms with Crippen molar-refractivity contribution in [2.24, 2.45) is 5.92 Å². The van der Waals surface area contributed by atoms with Crippen LogP contribution in [-0.4, -0.2) is 44.8 Å². The number of hydrogen-bond acceptors (Lipinski definition) is 5. The Labute approximate surface area is 136 Å². The standard InChI is InChI=1S/C16H21NO5S/c1-2-15(18)13-3-5-14(6-4-13)22-10-16(19)17-9-12-7-8-23(20,21)11-12/h3-6,12H,2,7-11H2,1H3,(H,17,19)/t12-/m1/s1. The first-order valence-electron chi connectivity index (χ1n) is 7.63. The Bertz CT molecular complexity index is 666. The first-order valence-corrected chi connectivity index (χ1v) is 9.45. The molecule has 1 aliphatic rings. The average molecular weight is 339 g/mol. The Balaban J connectivity index is 1.73. The molecule has 1 aliphatic heterocycles. The van der Waals surface area contributed by atoms with Gasteiger partial charge in [-0.05, 0) is 36.6 Å². The smallest absolute Gasteiger partial charge is 0.257 e. The molecule has 7 heteroatoms. The molecule has 1 amide bonds. The van der Waals surface area contributed by atoms with Gasteiger partial charge in [-0.1, -0.05) is 6.92 Å². The summed E-state index contributed by atoms with van der Waals surface area (Å²) in [5.41, 5.74) is 0.617. The molecule has 0 saturated carbocycles. The molecule has 0 spiro atoms. The summed E-state index contributed by atoms with van der Waals surface area (Å²) < 4.78 is 28.0. The second kappa shape index (κ2) is 7.59. The minimum absolute atomic E-state index is 0.0108. The zero-order valence-electron chi connectivity index (χ0n) is 13.1. The first-order chi connectivity index (χ1) is 10.9. The molecule has 1 atom stereocenters. The van der Waals surface area contributed by atoms with Gasteiger partial charge in [-0.25, -0.2) is 8.42 Å². The maximum Gasteiger partial charge on any atom is 0.257 e. The fraction of sp³-hybridized carbons (Fsp3) is 0.500. The molecule has 0 radical (unpaired) electrons. The highest BCUT2D eigenvalue weighted by Crippen LogP contribution is 2.17. The van der Waals surface area contributed by atoms with Gasteiger partial charge in [-0.15, -0.1) is 0 Å². The quantitative estimate of drug-likeness (QED) is 0.754. The number of hydrogen-bond donors (Lipinski definition) is 1. The molecule has 6 nitrogen and oxygen atoms in total. The van der Waals surface area contributed by atoms with Gasteiger partial charge in [0.1, 0.15) is 5.75 Å². The van der Waals surface area contributed by atoms with Crippen LogP contribution >= 0.6 is 0 Å². The zero-order valence-corrected chi connectivity index (χ0v) is 13.9. The third-order valence-corrected chi connectivity index (χ3v) is 5.62. The number of sulfone groups is 1. The number of nitrogens with one attached hydrogen (secondary N) is 1. The largest absolute Gasteiger partial charge is 0.484 e. The normalized spacial score (nSPS) is 19.3. The van der Waals surface area contributed by atoms with Crippen molar-refractivity contribution in [2.75, 3.05) is 24.7 Å². The molecular weight excluding hydrogens is 318 g/mol. The number of carbonyl (C=O) groups is 2. The van der Waals surface area contributed by atoms with Crippen LogP contribution in [0.15, 0.2) is 24.3 Å². The summed E-state index contributed by atoms with van der Waals surface area (Å²) in [4.78, 5) is 23.2. The van der Waals surface area contributed by atoms with E-state index in [-0.39, 0.29) is 35.7 Å². The SMILES string of the molecule is CCC(=O)c1ccc(OCC(=O)NC[C@H]2CCS(=O)(=O)C2)cc1. The lowest BCUT2D eigenvalue weighted by Gasteiger charge is -2.10. The van der Waals surface area contributed by atoms with Gasteiger partial charge in [0.05, 0.1) is 11.5 Å². The Morgan fingerprint density at radius 1 is 1.26 bits per heavy atom. The highest BCUT2D eigenvalue weighted by molar-refractivity contribution is 7.91. The van der Waals surface area contributed by atoms with Crippen LogP contribution in [0.25, 0.3) is 0 Å². The van der Waals surface area contributed by atoms with Gasteiger partial charge in [0, 0.05) is 18.5 Å². The van der Waals surface area contributed by atoms with E-state index in [1.165, 1.54) is 0 Å². The van der Waals surface area contributed by atoms with Crippen LogP contribution in [0.3, 0.4) is 0 Å². The van der Waals surface area contributed by atoms with Crippen molar-refractivity contribution in [3.8, 4) is 5.75 Å². The van der Waals surface area contributed by atoms with E-state index < -0.39 is 9.84 Å². The fourth-order valence-electron chi connectivity index (χ4n) is 2.43. The summed E-state index contributed by atoms with van der Waals surface area (Å²) in [7, 11) is -2.92. The van der Waals surface area contributed by atoms with Crippen LogP contribution in [-0.2, 0) is 14.6 Å². The lowest BCUT2D eigenvalue weighted by Crippen LogP contribution is -2.33. The Hall–Kier alpha value is -1.89. The van der Waals surface area contributed by atoms with Gasteiger partial charge < -0.3 is 10.1 Å². The molecule has 2 rings (SSSR count). The average Bonchev–Trinajstić information content (AvgIpc) is 2.89. The molecule has 1 aromatic carbocycles. The van der Waals surface area contributed by atoms with E-state index in [1.807, 2.05) is 0 Å². The summed E-state index contributed by atoms with van der Waals surface area (Å²) in [6.45, 7) is 2.01. The van der Waals surface area contributed by atoms with Crippen molar-refractivity contribution in [1.29, 1.82) is 0 Å². The molecule has 0 unspecified atom stereocenters. The molecule has 1 aromatic rings. The molecule has 1 N–H and O–H groups in total. The predicted molar refractivity (Wildman–Crippen MR) is 86.3 cm³/mol. The number of carbonyl (C=O) groups excluding carboxylic acids is 2. The third kappa shape index (κ3) is 5.35. The van der Waals surface area contributed by atoms with Gasteiger partial charge in [-0.3, -0.25) is 9.59 Å². The van der Waals surface area contributed by atoms with Crippen LogP contribution in [0.1, 0.15) is 30.1 Å². The van der Waals surface area contributed by atoms with E-state index in [2.05, 4.69) is 5.32 Å². The van der Waals surface area contributed by atoms with E-state index in [0.29, 0.717) is 30.7 Å². The summed E-state index contributed by atoms with van der Waals surface area (Å²) >= 11 is 0. The molecular formula is C16H21NO5S. The monoisotopic (exact) mass is 339 g/mol. The van der Waals surface area contributed by atoms with Gasteiger partial charge in [0.25, 0.3) is 5.91 Å². The van der Waals surface area contributed by atoms with Crippen molar-refractivity contribution in [2.45, 2.75) is 19.8 Å². The van der Waals surface area contributed by atoms with Crippen LogP contribution in [0.4, 0.5) is 0 Å². The minimum Gasteiger partial charge on any atom is -0.484 e. The van der Waals surface area contributed by atoms with Crippen LogP contribution in [0.5, 0.6) is 5.75 Å². The maximum atomic E-state index is 11.7. The van der Waals surface area contributed by atoms with Crippen molar-refractivity contribution in [3.05, 3.63) is 29.8 Å². The number of amides is 1. The second-order valence-corrected chi connectivity index (χ2v) is 7.89. The van der Waals surface area contributed by atoms with Crippen LogP contribution < -0.4 is 10.1 Å². The number of ketones is 1. The van der Waals surface area contributed by atoms with E-state index >= 15 is 0 Å². The van der Waals surface area contributed by atoms with Gasteiger partial charge >= 0.3 is 0 Å². The molecule has 1 fully saturated rings. The Morgan fingerprint density at radius 3 is 2.52 bits per heavy atom. The molecule has 23 heavy (non-hydrogen) atoms. The van der Waals surface area contributed by atoms with Gasteiger partial charge in [0.15, 0.2) is 22.2 Å². The Morgan fingerprint density at radius 2 is 1.96 bits per heavy atom. The van der Waals surface area contributed by atoms with Crippen molar-refractivity contribution < 1.29 is 22.7 Å². The van der Waals surface area contributed by atoms with Crippen molar-refractivity contribution >= 4 is 21.5 Å². The number of ether oxygens (including phenoxy) is 1. The fourth-order valence-corrected chi connectivity index (χ4v) is 4.29. The minimum atomic E-state index is -2.92. The van der Waals surface area contributed by atoms with Gasteiger partial charge in [0.2, 0.25) is 0 Å². The topological polar surface area (TPSA) is 89.5 Å². The molecule has 126 valence electrons.